The van der Waals surface area contributed by atoms with E-state index in [0.717, 1.165) is 37.2 Å². The van der Waals surface area contributed by atoms with Crippen molar-refractivity contribution in [2.45, 2.75) is 18.9 Å². The van der Waals surface area contributed by atoms with Gasteiger partial charge in [0.15, 0.2) is 12.2 Å². The Morgan fingerprint density at radius 2 is 2.27 bits per heavy atom. The molecule has 6 nitrogen and oxygen atoms in total. The first-order chi connectivity index (χ1) is 10.8. The first-order valence-corrected chi connectivity index (χ1v) is 7.42. The van der Waals surface area contributed by atoms with Crippen LogP contribution in [0.1, 0.15) is 12.8 Å². The van der Waals surface area contributed by atoms with Gasteiger partial charge >= 0.3 is 0 Å². The molecule has 22 heavy (non-hydrogen) atoms. The highest BCUT2D eigenvalue weighted by Crippen LogP contribution is 2.20. The lowest BCUT2D eigenvalue weighted by molar-refractivity contribution is -0.122. The van der Waals surface area contributed by atoms with Gasteiger partial charge in [0.05, 0.1) is 12.3 Å². The van der Waals surface area contributed by atoms with Crippen molar-refractivity contribution in [3.63, 3.8) is 0 Å². The molecule has 6 heteroatoms. The van der Waals surface area contributed by atoms with Crippen LogP contribution in [0.15, 0.2) is 41.3 Å². The lowest BCUT2D eigenvalue weighted by atomic mass is 10.1. The second-order valence-electron chi connectivity index (χ2n) is 5.27. The summed E-state index contributed by atoms with van der Waals surface area (Å²) in [6.07, 6.45) is 5.28. The number of hydrogen-bond acceptors (Lipinski definition) is 5. The third-order valence-corrected chi connectivity index (χ3v) is 3.59. The summed E-state index contributed by atoms with van der Waals surface area (Å²) in [6.45, 7) is 1.93. The van der Waals surface area contributed by atoms with E-state index in [4.69, 9.17) is 9.15 Å². The van der Waals surface area contributed by atoms with Crippen LogP contribution >= 0.6 is 0 Å². The maximum atomic E-state index is 11.9. The summed E-state index contributed by atoms with van der Waals surface area (Å²) in [5.74, 6) is 0.559. The van der Waals surface area contributed by atoms with Gasteiger partial charge in [0.1, 0.15) is 6.61 Å². The quantitative estimate of drug-likeness (QED) is 0.884. The van der Waals surface area contributed by atoms with E-state index in [-0.39, 0.29) is 18.6 Å². The summed E-state index contributed by atoms with van der Waals surface area (Å²) in [6, 6.07) is 7.42. The van der Waals surface area contributed by atoms with Gasteiger partial charge in [0.25, 0.3) is 0 Å². The number of oxazole rings is 1. The van der Waals surface area contributed by atoms with Crippen molar-refractivity contribution in [3.8, 4) is 11.3 Å². The third-order valence-electron chi connectivity index (χ3n) is 3.59. The first-order valence-electron chi connectivity index (χ1n) is 7.42. The number of hydrogen-bond donors (Lipinski definition) is 2. The molecule has 0 spiro atoms. The van der Waals surface area contributed by atoms with E-state index >= 15 is 0 Å². The summed E-state index contributed by atoms with van der Waals surface area (Å²) in [7, 11) is 0. The Morgan fingerprint density at radius 1 is 1.41 bits per heavy atom. The fourth-order valence-electron chi connectivity index (χ4n) is 2.43. The van der Waals surface area contributed by atoms with E-state index < -0.39 is 0 Å². The Balaban J connectivity index is 1.48. The lowest BCUT2D eigenvalue weighted by Crippen LogP contribution is -2.37. The van der Waals surface area contributed by atoms with E-state index in [9.17, 15) is 4.79 Å². The monoisotopic (exact) mass is 301 g/mol. The number of nitrogens with zero attached hydrogens (tertiary/aromatic N) is 1. The smallest absolute Gasteiger partial charge is 0.250 e. The van der Waals surface area contributed by atoms with Gasteiger partial charge in [0, 0.05) is 17.8 Å². The summed E-state index contributed by atoms with van der Waals surface area (Å²) in [5.41, 5.74) is 1.65. The van der Waals surface area contributed by atoms with Crippen LogP contribution in [-0.2, 0) is 9.53 Å². The van der Waals surface area contributed by atoms with Gasteiger partial charge in [-0.1, -0.05) is 0 Å². The number of anilines is 1. The predicted octanol–water partition coefficient (Wildman–Crippen LogP) is 2.05. The number of ether oxygens (including phenoxy) is 1. The molecule has 0 aliphatic carbocycles. The molecule has 0 bridgehead atoms. The highest BCUT2D eigenvalue weighted by Gasteiger charge is 2.14. The van der Waals surface area contributed by atoms with Crippen LogP contribution in [0.4, 0.5) is 5.69 Å². The van der Waals surface area contributed by atoms with Crippen molar-refractivity contribution in [3.05, 3.63) is 36.9 Å². The van der Waals surface area contributed by atoms with Crippen molar-refractivity contribution in [1.29, 1.82) is 0 Å². The van der Waals surface area contributed by atoms with Crippen molar-refractivity contribution < 1.29 is 13.9 Å². The van der Waals surface area contributed by atoms with Gasteiger partial charge in [-0.25, -0.2) is 4.98 Å². The molecule has 0 radical (unpaired) electrons. The molecule has 2 aromatic rings. The molecular weight excluding hydrogens is 282 g/mol. The van der Waals surface area contributed by atoms with Gasteiger partial charge in [0.2, 0.25) is 5.91 Å². The number of benzene rings is 1. The van der Waals surface area contributed by atoms with E-state index in [0.29, 0.717) is 5.76 Å². The van der Waals surface area contributed by atoms with Crippen LogP contribution in [0.5, 0.6) is 0 Å². The number of piperidine rings is 1. The zero-order valence-corrected chi connectivity index (χ0v) is 12.2. The summed E-state index contributed by atoms with van der Waals surface area (Å²) < 4.78 is 10.8. The van der Waals surface area contributed by atoms with Crippen LogP contribution in [-0.4, -0.2) is 36.7 Å². The molecule has 116 valence electrons. The molecule has 1 saturated heterocycles. The van der Waals surface area contributed by atoms with Gasteiger partial charge in [-0.15, -0.1) is 0 Å². The first kappa shape index (κ1) is 14.7. The standard InChI is InChI=1S/C16H19N3O3/c20-16(10-21-14-2-1-7-17-8-14)19-13-5-3-12(4-6-13)15-9-18-11-22-15/h3-6,9,11,14,17H,1-2,7-8,10H2,(H,19,20). The van der Waals surface area contributed by atoms with Gasteiger partial charge in [-0.05, 0) is 43.7 Å². The SMILES string of the molecule is O=C(COC1CCCNC1)Nc1ccc(-c2cnco2)cc1. The number of nitrogens with one attached hydrogen (secondary N) is 2. The molecular formula is C16H19N3O3. The molecule has 1 amide bonds. The number of aromatic nitrogens is 1. The maximum Gasteiger partial charge on any atom is 0.250 e. The van der Waals surface area contributed by atoms with Crippen LogP contribution in [0.25, 0.3) is 11.3 Å². The van der Waals surface area contributed by atoms with Gasteiger partial charge < -0.3 is 19.8 Å². The molecule has 1 aromatic heterocycles. The molecule has 1 aliphatic rings. The Morgan fingerprint density at radius 3 is 2.95 bits per heavy atom. The van der Waals surface area contributed by atoms with E-state index in [1.54, 1.807) is 6.20 Å². The van der Waals surface area contributed by atoms with Crippen LogP contribution in [0, 0.1) is 0 Å². The Bertz CT molecular complexity index is 590. The van der Waals surface area contributed by atoms with Crippen molar-refractivity contribution in [2.24, 2.45) is 0 Å². The van der Waals surface area contributed by atoms with E-state index in [1.807, 2.05) is 24.3 Å². The predicted molar refractivity (Wildman–Crippen MR) is 82.4 cm³/mol. The van der Waals surface area contributed by atoms with Crippen molar-refractivity contribution in [1.82, 2.24) is 10.3 Å². The second kappa shape index (κ2) is 7.20. The second-order valence-corrected chi connectivity index (χ2v) is 5.27. The van der Waals surface area contributed by atoms with Crippen LogP contribution in [0.2, 0.25) is 0 Å². The largest absolute Gasteiger partial charge is 0.444 e. The maximum absolute atomic E-state index is 11.9. The number of carbonyl (C=O) groups excluding carboxylic acids is 1. The molecule has 3 rings (SSSR count). The van der Waals surface area contributed by atoms with Crippen molar-refractivity contribution in [2.75, 3.05) is 25.0 Å². The minimum absolute atomic E-state index is 0.0796. The number of carbonyl (C=O) groups is 1. The Kier molecular flexibility index (Phi) is 4.82. The van der Waals surface area contributed by atoms with Crippen molar-refractivity contribution >= 4 is 11.6 Å². The highest BCUT2D eigenvalue weighted by molar-refractivity contribution is 5.91. The molecule has 1 aromatic carbocycles. The summed E-state index contributed by atoms with van der Waals surface area (Å²) >= 11 is 0. The Hall–Kier alpha value is -2.18. The summed E-state index contributed by atoms with van der Waals surface area (Å²) in [4.78, 5) is 15.8. The van der Waals surface area contributed by atoms with E-state index in [2.05, 4.69) is 15.6 Å². The zero-order chi connectivity index (χ0) is 15.2. The molecule has 1 aliphatic heterocycles. The average molecular weight is 301 g/mol. The topological polar surface area (TPSA) is 76.4 Å². The molecule has 1 fully saturated rings. The molecule has 2 heterocycles. The molecule has 1 atom stereocenters. The molecule has 1 unspecified atom stereocenters. The Labute approximate surface area is 128 Å². The fourth-order valence-corrected chi connectivity index (χ4v) is 2.43. The van der Waals surface area contributed by atoms with Gasteiger partial charge in [-0.3, -0.25) is 4.79 Å². The van der Waals surface area contributed by atoms with E-state index in [1.165, 1.54) is 6.39 Å². The molecule has 0 saturated carbocycles. The number of amides is 1. The zero-order valence-electron chi connectivity index (χ0n) is 12.2. The van der Waals surface area contributed by atoms with Crippen LogP contribution < -0.4 is 10.6 Å². The fraction of sp³-hybridized carbons (Fsp3) is 0.375. The minimum Gasteiger partial charge on any atom is -0.444 e. The molecule has 2 N–H and O–H groups in total. The third kappa shape index (κ3) is 3.93. The lowest BCUT2D eigenvalue weighted by Gasteiger charge is -2.22. The average Bonchev–Trinajstić information content (AvgIpc) is 3.09. The number of rotatable bonds is 5. The minimum atomic E-state index is -0.141. The van der Waals surface area contributed by atoms with Crippen LogP contribution in [0.3, 0.4) is 0 Å². The normalized spacial score (nSPS) is 18.1. The summed E-state index contributed by atoms with van der Waals surface area (Å²) in [5, 5.41) is 6.08. The van der Waals surface area contributed by atoms with Gasteiger partial charge in [-0.2, -0.15) is 0 Å². The highest BCUT2D eigenvalue weighted by atomic mass is 16.5.